The van der Waals surface area contributed by atoms with E-state index in [0.29, 0.717) is 32.8 Å². The highest BCUT2D eigenvalue weighted by molar-refractivity contribution is 6.35. The molecule has 10 heteroatoms. The first-order chi connectivity index (χ1) is 15.4. The zero-order valence-corrected chi connectivity index (χ0v) is 18.9. The van der Waals surface area contributed by atoms with Crippen molar-refractivity contribution in [2.24, 2.45) is 0 Å². The number of halogens is 2. The lowest BCUT2D eigenvalue weighted by Crippen LogP contribution is -2.15. The van der Waals surface area contributed by atoms with Crippen LogP contribution in [0.4, 0.5) is 5.69 Å². The van der Waals surface area contributed by atoms with Crippen LogP contribution >= 0.6 is 23.2 Å². The Balaban J connectivity index is 1.48. The fourth-order valence-corrected chi connectivity index (χ4v) is 4.18. The number of nitrogens with zero attached hydrogens (tertiary/aromatic N) is 6. The number of aromatic nitrogens is 6. The molecule has 2 aromatic heterocycles. The van der Waals surface area contributed by atoms with Gasteiger partial charge in [-0.15, -0.1) is 5.10 Å². The molecule has 0 bridgehead atoms. The van der Waals surface area contributed by atoms with Crippen LogP contribution in [0.5, 0.6) is 0 Å². The summed E-state index contributed by atoms with van der Waals surface area (Å²) in [6.07, 6.45) is 3.60. The van der Waals surface area contributed by atoms with E-state index in [9.17, 15) is 4.79 Å². The van der Waals surface area contributed by atoms with Crippen molar-refractivity contribution in [1.82, 2.24) is 30.0 Å². The molecule has 2 aromatic carbocycles. The van der Waals surface area contributed by atoms with Crippen molar-refractivity contribution in [2.75, 3.05) is 5.32 Å². The summed E-state index contributed by atoms with van der Waals surface area (Å²) in [5.41, 5.74) is 4.52. The summed E-state index contributed by atoms with van der Waals surface area (Å²) in [5.74, 6) is 0.697. The Morgan fingerprint density at radius 3 is 2.56 bits per heavy atom. The van der Waals surface area contributed by atoms with Crippen molar-refractivity contribution in [3.8, 4) is 11.4 Å². The lowest BCUT2D eigenvalue weighted by Gasteiger charge is -2.12. The Labute approximate surface area is 194 Å². The summed E-state index contributed by atoms with van der Waals surface area (Å²) < 4.78 is 3.39. The number of benzene rings is 2. The Bertz CT molecular complexity index is 1340. The van der Waals surface area contributed by atoms with E-state index in [1.165, 1.54) is 0 Å². The maximum atomic E-state index is 13.2. The SMILES string of the molecule is Cc1ccc(NC(=O)c2cnn(-c3ccc(Cl)cc3Cl)c2C2CC2)cc1-n1nnnc1C. The van der Waals surface area contributed by atoms with Crippen LogP contribution in [0.3, 0.4) is 0 Å². The summed E-state index contributed by atoms with van der Waals surface area (Å²) in [6, 6.07) is 10.9. The predicted molar refractivity (Wildman–Crippen MR) is 122 cm³/mol. The Morgan fingerprint density at radius 1 is 1.06 bits per heavy atom. The third-order valence-electron chi connectivity index (χ3n) is 5.47. The molecule has 8 nitrogen and oxygen atoms in total. The quantitative estimate of drug-likeness (QED) is 0.450. The molecule has 1 aliphatic carbocycles. The van der Waals surface area contributed by atoms with Crippen LogP contribution in [0.2, 0.25) is 10.0 Å². The maximum absolute atomic E-state index is 13.2. The third kappa shape index (κ3) is 3.76. The third-order valence-corrected chi connectivity index (χ3v) is 6.01. The van der Waals surface area contributed by atoms with E-state index in [1.54, 1.807) is 27.7 Å². The number of carbonyl (C=O) groups excluding carboxylic acids is 1. The van der Waals surface area contributed by atoms with E-state index in [0.717, 1.165) is 29.8 Å². The molecule has 2 heterocycles. The minimum absolute atomic E-state index is 0.230. The largest absolute Gasteiger partial charge is 0.322 e. The van der Waals surface area contributed by atoms with Crippen LogP contribution in [0.1, 0.15) is 46.2 Å². The molecule has 0 spiro atoms. The fourth-order valence-electron chi connectivity index (χ4n) is 3.70. The van der Waals surface area contributed by atoms with Gasteiger partial charge in [0.05, 0.1) is 33.9 Å². The van der Waals surface area contributed by atoms with Gasteiger partial charge in [-0.1, -0.05) is 29.3 Å². The molecule has 1 N–H and O–H groups in total. The lowest BCUT2D eigenvalue weighted by molar-refractivity contribution is 0.102. The molecule has 1 saturated carbocycles. The molecule has 0 radical (unpaired) electrons. The number of rotatable bonds is 5. The lowest BCUT2D eigenvalue weighted by atomic mass is 10.1. The van der Waals surface area contributed by atoms with E-state index >= 15 is 0 Å². The second-order valence-electron chi connectivity index (χ2n) is 7.82. The number of tetrazole rings is 1. The topological polar surface area (TPSA) is 90.5 Å². The molecule has 4 aromatic rings. The van der Waals surface area contributed by atoms with Crippen LogP contribution in [-0.4, -0.2) is 35.9 Å². The Hall–Kier alpha value is -3.23. The Kier molecular flexibility index (Phi) is 5.19. The summed E-state index contributed by atoms with van der Waals surface area (Å²) in [5, 5.41) is 20.2. The molecule has 1 fully saturated rings. The highest BCUT2D eigenvalue weighted by Crippen LogP contribution is 2.43. The molecule has 0 aliphatic heterocycles. The Morgan fingerprint density at radius 2 is 1.88 bits per heavy atom. The van der Waals surface area contributed by atoms with Gasteiger partial charge < -0.3 is 5.32 Å². The minimum atomic E-state index is -0.230. The van der Waals surface area contributed by atoms with E-state index in [2.05, 4.69) is 25.9 Å². The first-order valence-electron chi connectivity index (χ1n) is 10.1. The van der Waals surface area contributed by atoms with Gasteiger partial charge in [-0.25, -0.2) is 4.68 Å². The summed E-state index contributed by atoms with van der Waals surface area (Å²) in [6.45, 7) is 3.79. The molecule has 0 atom stereocenters. The zero-order valence-electron chi connectivity index (χ0n) is 17.4. The van der Waals surface area contributed by atoms with E-state index < -0.39 is 0 Å². The number of carbonyl (C=O) groups is 1. The normalized spacial score (nSPS) is 13.4. The van der Waals surface area contributed by atoms with Gasteiger partial charge >= 0.3 is 0 Å². The predicted octanol–water partition coefficient (Wildman–Crippen LogP) is 4.90. The van der Waals surface area contributed by atoms with Crippen LogP contribution < -0.4 is 5.32 Å². The molecule has 0 saturated heterocycles. The fraction of sp³-hybridized carbons (Fsp3) is 0.227. The highest BCUT2D eigenvalue weighted by Gasteiger charge is 2.33. The number of aryl methyl sites for hydroxylation is 2. The van der Waals surface area contributed by atoms with Gasteiger partial charge in [0, 0.05) is 16.6 Å². The van der Waals surface area contributed by atoms with Crippen molar-refractivity contribution in [1.29, 1.82) is 0 Å². The molecular formula is C22H19Cl2N7O. The standard InChI is InChI=1S/C22H19Cl2N7O/c1-12-3-7-16(10-20(12)30-13(2)27-28-29-30)26-22(32)17-11-25-31(21(17)14-4-5-14)19-8-6-15(23)9-18(19)24/h3,6-11,14H,4-5H2,1-2H3,(H,26,32). The van der Waals surface area contributed by atoms with Gasteiger partial charge in [-0.2, -0.15) is 9.78 Å². The molecule has 1 amide bonds. The number of nitrogens with one attached hydrogen (secondary N) is 1. The second kappa shape index (κ2) is 8.03. The van der Waals surface area contributed by atoms with Gasteiger partial charge in [0.25, 0.3) is 5.91 Å². The maximum Gasteiger partial charge on any atom is 0.259 e. The van der Waals surface area contributed by atoms with E-state index in [4.69, 9.17) is 23.2 Å². The van der Waals surface area contributed by atoms with Crippen molar-refractivity contribution in [3.05, 3.63) is 75.3 Å². The molecule has 32 heavy (non-hydrogen) atoms. The van der Waals surface area contributed by atoms with Crippen molar-refractivity contribution in [2.45, 2.75) is 32.6 Å². The van der Waals surface area contributed by atoms with Gasteiger partial charge in [-0.3, -0.25) is 4.79 Å². The summed E-state index contributed by atoms with van der Waals surface area (Å²) in [7, 11) is 0. The molecule has 0 unspecified atom stereocenters. The van der Waals surface area contributed by atoms with E-state index in [1.807, 2.05) is 38.1 Å². The van der Waals surface area contributed by atoms with Crippen LogP contribution in [-0.2, 0) is 0 Å². The number of anilines is 1. The molecule has 1 aliphatic rings. The second-order valence-corrected chi connectivity index (χ2v) is 8.66. The van der Waals surface area contributed by atoms with E-state index in [-0.39, 0.29) is 11.8 Å². The number of amides is 1. The number of hydrogen-bond acceptors (Lipinski definition) is 5. The number of hydrogen-bond donors (Lipinski definition) is 1. The molecular weight excluding hydrogens is 449 g/mol. The minimum Gasteiger partial charge on any atom is -0.322 e. The monoisotopic (exact) mass is 467 g/mol. The smallest absolute Gasteiger partial charge is 0.259 e. The van der Waals surface area contributed by atoms with Gasteiger partial charge in [-0.05, 0) is 73.0 Å². The van der Waals surface area contributed by atoms with Gasteiger partial charge in [0.1, 0.15) is 0 Å². The van der Waals surface area contributed by atoms with Gasteiger partial charge in [0.2, 0.25) is 0 Å². The summed E-state index contributed by atoms with van der Waals surface area (Å²) in [4.78, 5) is 13.2. The summed E-state index contributed by atoms with van der Waals surface area (Å²) >= 11 is 12.5. The average Bonchev–Trinajstić information content (AvgIpc) is 3.36. The van der Waals surface area contributed by atoms with Crippen molar-refractivity contribution < 1.29 is 4.79 Å². The highest BCUT2D eigenvalue weighted by atomic mass is 35.5. The first kappa shape index (κ1) is 20.7. The van der Waals surface area contributed by atoms with Crippen LogP contribution in [0.15, 0.2) is 42.6 Å². The average molecular weight is 468 g/mol. The molecule has 5 rings (SSSR count). The first-order valence-corrected chi connectivity index (χ1v) is 10.9. The van der Waals surface area contributed by atoms with Crippen molar-refractivity contribution in [3.63, 3.8) is 0 Å². The zero-order chi connectivity index (χ0) is 22.4. The van der Waals surface area contributed by atoms with Crippen LogP contribution in [0.25, 0.3) is 11.4 Å². The van der Waals surface area contributed by atoms with Gasteiger partial charge in [0.15, 0.2) is 5.82 Å². The molecule has 162 valence electrons. The van der Waals surface area contributed by atoms with Crippen molar-refractivity contribution >= 4 is 34.8 Å². The van der Waals surface area contributed by atoms with Crippen LogP contribution in [0, 0.1) is 13.8 Å².